The number of rotatable bonds is 7. The molecule has 0 radical (unpaired) electrons. The number of hydrogen-bond acceptors (Lipinski definition) is 6. The predicted octanol–water partition coefficient (Wildman–Crippen LogP) is 5.37. The van der Waals surface area contributed by atoms with Crippen molar-refractivity contribution in [1.82, 2.24) is 20.4 Å². The van der Waals surface area contributed by atoms with E-state index >= 15 is 0 Å². The van der Waals surface area contributed by atoms with Crippen molar-refractivity contribution in [2.24, 2.45) is 11.8 Å². The van der Waals surface area contributed by atoms with Gasteiger partial charge in [0.1, 0.15) is 0 Å². The maximum Gasteiger partial charge on any atom is 0.241 e. The number of amides is 1. The van der Waals surface area contributed by atoms with E-state index in [1.807, 2.05) is 31.2 Å². The zero-order chi connectivity index (χ0) is 25.8. The summed E-state index contributed by atoms with van der Waals surface area (Å²) in [6.45, 7) is 10.9. The first-order chi connectivity index (χ1) is 18.0. The fourth-order valence-corrected chi connectivity index (χ4v) is 5.67. The average molecular weight is 502 g/mol. The third-order valence-corrected chi connectivity index (χ3v) is 7.86. The first kappa shape index (κ1) is 25.5. The molecule has 3 atom stereocenters. The van der Waals surface area contributed by atoms with Crippen molar-refractivity contribution in [3.8, 4) is 11.4 Å². The van der Waals surface area contributed by atoms with Crippen LogP contribution in [0.1, 0.15) is 62.6 Å². The number of aromatic nitrogens is 2. The standard InChI is InChI=1S/C30H39N5O2/c1-21-8-6-17-35(18-21)26-14-12-24(13-15-26)23(3)31-30(36)25-10-7-16-34(19-25)20-28-32-29(33-37-28)27-11-5-4-9-22(27)2/h4-5,9,11-15,21,23,25H,6-8,10,16-20H2,1-3H3,(H,31,36). The quantitative estimate of drug-likeness (QED) is 0.469. The second kappa shape index (κ2) is 11.5. The minimum atomic E-state index is -0.0379. The van der Waals surface area contributed by atoms with Crippen LogP contribution in [0.3, 0.4) is 0 Å². The molecule has 2 aliphatic heterocycles. The molecule has 1 aromatic heterocycles. The molecule has 2 aromatic carbocycles. The molecule has 3 heterocycles. The molecule has 3 unspecified atom stereocenters. The first-order valence-electron chi connectivity index (χ1n) is 13.7. The molecule has 196 valence electrons. The maximum absolute atomic E-state index is 13.2. The number of nitrogens with zero attached hydrogens (tertiary/aromatic N) is 4. The van der Waals surface area contributed by atoms with Crippen LogP contribution in [0.5, 0.6) is 0 Å². The molecule has 37 heavy (non-hydrogen) atoms. The van der Waals surface area contributed by atoms with E-state index in [1.165, 1.54) is 18.5 Å². The number of carbonyl (C=O) groups is 1. The van der Waals surface area contributed by atoms with Crippen molar-refractivity contribution < 1.29 is 9.32 Å². The highest BCUT2D eigenvalue weighted by Crippen LogP contribution is 2.26. The third kappa shape index (κ3) is 6.21. The van der Waals surface area contributed by atoms with Crippen LogP contribution in [0.4, 0.5) is 5.69 Å². The molecular formula is C30H39N5O2. The van der Waals surface area contributed by atoms with Crippen molar-refractivity contribution in [2.75, 3.05) is 31.1 Å². The molecule has 1 N–H and O–H groups in total. The van der Waals surface area contributed by atoms with Gasteiger partial charge in [0.05, 0.1) is 18.5 Å². The Labute approximate surface area is 220 Å². The van der Waals surface area contributed by atoms with Gasteiger partial charge in [-0.1, -0.05) is 48.5 Å². The molecule has 1 amide bonds. The van der Waals surface area contributed by atoms with E-state index in [1.54, 1.807) is 0 Å². The Hall–Kier alpha value is -3.19. The van der Waals surface area contributed by atoms with Crippen LogP contribution >= 0.6 is 0 Å². The normalized spacial score (nSPS) is 21.5. The summed E-state index contributed by atoms with van der Waals surface area (Å²) < 4.78 is 5.55. The van der Waals surface area contributed by atoms with E-state index in [0.29, 0.717) is 24.8 Å². The molecule has 0 saturated carbocycles. The van der Waals surface area contributed by atoms with Gasteiger partial charge in [-0.3, -0.25) is 9.69 Å². The van der Waals surface area contributed by atoms with Gasteiger partial charge in [0.2, 0.25) is 17.6 Å². The fraction of sp³-hybridized carbons (Fsp3) is 0.500. The van der Waals surface area contributed by atoms with E-state index in [2.05, 4.69) is 63.4 Å². The van der Waals surface area contributed by atoms with Crippen molar-refractivity contribution in [2.45, 2.75) is 59.0 Å². The highest BCUT2D eigenvalue weighted by molar-refractivity contribution is 5.79. The summed E-state index contributed by atoms with van der Waals surface area (Å²) in [7, 11) is 0. The lowest BCUT2D eigenvalue weighted by atomic mass is 9.96. The maximum atomic E-state index is 13.2. The number of carbonyl (C=O) groups excluding carboxylic acids is 1. The van der Waals surface area contributed by atoms with Crippen molar-refractivity contribution >= 4 is 11.6 Å². The van der Waals surface area contributed by atoms with Gasteiger partial charge in [-0.15, -0.1) is 0 Å². The summed E-state index contributed by atoms with van der Waals surface area (Å²) in [6.07, 6.45) is 4.46. The fourth-order valence-electron chi connectivity index (χ4n) is 5.67. The van der Waals surface area contributed by atoms with Crippen molar-refractivity contribution in [1.29, 1.82) is 0 Å². The smallest absolute Gasteiger partial charge is 0.241 e. The Bertz CT molecular complexity index is 1190. The summed E-state index contributed by atoms with van der Waals surface area (Å²) in [5, 5.41) is 7.44. The van der Waals surface area contributed by atoms with Crippen LogP contribution in [-0.2, 0) is 11.3 Å². The van der Waals surface area contributed by atoms with Gasteiger partial charge in [-0.2, -0.15) is 4.98 Å². The van der Waals surface area contributed by atoms with Gasteiger partial charge in [0.25, 0.3) is 0 Å². The lowest BCUT2D eigenvalue weighted by Crippen LogP contribution is -2.43. The average Bonchev–Trinajstić information content (AvgIpc) is 3.37. The van der Waals surface area contributed by atoms with Crippen LogP contribution < -0.4 is 10.2 Å². The molecule has 0 bridgehead atoms. The van der Waals surface area contributed by atoms with Crippen LogP contribution in [0.15, 0.2) is 53.1 Å². The molecule has 7 heteroatoms. The van der Waals surface area contributed by atoms with Gasteiger partial charge in [0, 0.05) is 30.9 Å². The molecule has 2 saturated heterocycles. The van der Waals surface area contributed by atoms with Gasteiger partial charge in [-0.25, -0.2) is 0 Å². The number of benzene rings is 2. The van der Waals surface area contributed by atoms with Crippen LogP contribution in [-0.4, -0.2) is 47.1 Å². The number of anilines is 1. The van der Waals surface area contributed by atoms with E-state index < -0.39 is 0 Å². The Morgan fingerprint density at radius 1 is 1.08 bits per heavy atom. The molecule has 0 spiro atoms. The second-order valence-electron chi connectivity index (χ2n) is 10.9. The zero-order valence-electron chi connectivity index (χ0n) is 22.3. The summed E-state index contributed by atoms with van der Waals surface area (Å²) in [6, 6.07) is 16.7. The molecule has 3 aromatic rings. The zero-order valence-corrected chi connectivity index (χ0v) is 22.3. The van der Waals surface area contributed by atoms with Gasteiger partial charge >= 0.3 is 0 Å². The van der Waals surface area contributed by atoms with Crippen molar-refractivity contribution in [3.05, 3.63) is 65.5 Å². The monoisotopic (exact) mass is 501 g/mol. The summed E-state index contributed by atoms with van der Waals surface area (Å²) in [4.78, 5) is 22.5. The Morgan fingerprint density at radius 3 is 2.65 bits per heavy atom. The Balaban J connectivity index is 1.14. The minimum Gasteiger partial charge on any atom is -0.371 e. The van der Waals surface area contributed by atoms with Gasteiger partial charge < -0.3 is 14.7 Å². The highest BCUT2D eigenvalue weighted by atomic mass is 16.5. The van der Waals surface area contributed by atoms with E-state index in [4.69, 9.17) is 4.52 Å². The summed E-state index contributed by atoms with van der Waals surface area (Å²) in [5.41, 5.74) is 4.53. The summed E-state index contributed by atoms with van der Waals surface area (Å²) in [5.74, 6) is 2.04. The number of nitrogens with one attached hydrogen (secondary N) is 1. The van der Waals surface area contributed by atoms with Crippen LogP contribution in [0, 0.1) is 18.8 Å². The predicted molar refractivity (Wildman–Crippen MR) is 146 cm³/mol. The molecule has 2 fully saturated rings. The largest absolute Gasteiger partial charge is 0.371 e. The highest BCUT2D eigenvalue weighted by Gasteiger charge is 2.28. The first-order valence-corrected chi connectivity index (χ1v) is 13.7. The molecular weight excluding hydrogens is 462 g/mol. The lowest BCUT2D eigenvalue weighted by molar-refractivity contribution is -0.127. The molecule has 2 aliphatic rings. The second-order valence-corrected chi connectivity index (χ2v) is 10.9. The van der Waals surface area contributed by atoms with E-state index in [9.17, 15) is 4.79 Å². The number of aryl methyl sites for hydroxylation is 1. The van der Waals surface area contributed by atoms with E-state index in [-0.39, 0.29) is 17.9 Å². The topological polar surface area (TPSA) is 74.5 Å². The third-order valence-electron chi connectivity index (χ3n) is 7.86. The SMILES string of the molecule is Cc1ccccc1-c1noc(CN2CCCC(C(=O)NC(C)c3ccc(N4CCCC(C)C4)cc3)C2)n1. The van der Waals surface area contributed by atoms with E-state index in [0.717, 1.165) is 55.1 Å². The number of hydrogen-bond donors (Lipinski definition) is 1. The molecule has 0 aliphatic carbocycles. The van der Waals surface area contributed by atoms with Crippen LogP contribution in [0.2, 0.25) is 0 Å². The lowest BCUT2D eigenvalue weighted by Gasteiger charge is -2.33. The Morgan fingerprint density at radius 2 is 1.86 bits per heavy atom. The number of piperidine rings is 2. The minimum absolute atomic E-state index is 0.0233. The van der Waals surface area contributed by atoms with Crippen LogP contribution in [0.25, 0.3) is 11.4 Å². The van der Waals surface area contributed by atoms with Gasteiger partial charge in [0.15, 0.2) is 0 Å². The number of likely N-dealkylation sites (tertiary alicyclic amines) is 1. The summed E-state index contributed by atoms with van der Waals surface area (Å²) >= 11 is 0. The van der Waals surface area contributed by atoms with Crippen molar-refractivity contribution in [3.63, 3.8) is 0 Å². The molecule has 5 rings (SSSR count). The molecule has 7 nitrogen and oxygen atoms in total. The Kier molecular flexibility index (Phi) is 7.89. The van der Waals surface area contributed by atoms with Gasteiger partial charge in [-0.05, 0) is 75.3 Å².